The summed E-state index contributed by atoms with van der Waals surface area (Å²) in [5.41, 5.74) is 1.04. The number of ether oxygens (including phenoxy) is 2. The van der Waals surface area contributed by atoms with Crippen LogP contribution in [-0.4, -0.2) is 26.2 Å². The van der Waals surface area contributed by atoms with Crippen molar-refractivity contribution in [2.24, 2.45) is 23.7 Å². The number of allylic oxidation sites excluding steroid dienone is 2. The van der Waals surface area contributed by atoms with Gasteiger partial charge in [-0.25, -0.2) is 9.59 Å². The first-order valence-electron chi connectivity index (χ1n) is 5.78. The molecule has 4 aliphatic rings. The molecule has 0 saturated heterocycles. The third-order valence-electron chi connectivity index (χ3n) is 4.11. The van der Waals surface area contributed by atoms with Gasteiger partial charge in [0.25, 0.3) is 0 Å². The Kier molecular flexibility index (Phi) is 2.15. The van der Waals surface area contributed by atoms with Gasteiger partial charge in [-0.3, -0.25) is 0 Å². The highest BCUT2D eigenvalue weighted by Gasteiger charge is 2.57. The Morgan fingerprint density at radius 3 is 1.76 bits per heavy atom. The van der Waals surface area contributed by atoms with Crippen molar-refractivity contribution in [1.82, 2.24) is 0 Å². The fourth-order valence-electron chi connectivity index (χ4n) is 3.28. The highest BCUT2D eigenvalue weighted by Crippen LogP contribution is 2.61. The maximum atomic E-state index is 11.8. The molecule has 0 aliphatic heterocycles. The average Bonchev–Trinajstić information content (AvgIpc) is 3.17. The minimum atomic E-state index is -0.393. The molecule has 4 heteroatoms. The lowest BCUT2D eigenvalue weighted by molar-refractivity contribution is -0.140. The van der Waals surface area contributed by atoms with E-state index in [4.69, 9.17) is 9.47 Å². The first-order valence-corrected chi connectivity index (χ1v) is 5.78. The number of hydrogen-bond donors (Lipinski definition) is 0. The van der Waals surface area contributed by atoms with Crippen molar-refractivity contribution in [3.8, 4) is 0 Å². The van der Waals surface area contributed by atoms with Crippen LogP contribution in [-0.2, 0) is 19.1 Å². The third-order valence-corrected chi connectivity index (χ3v) is 4.11. The molecule has 17 heavy (non-hydrogen) atoms. The van der Waals surface area contributed by atoms with Gasteiger partial charge in [-0.15, -0.1) is 0 Å². The Bertz CT molecular complexity index is 420. The predicted molar refractivity (Wildman–Crippen MR) is 58.8 cm³/mol. The highest BCUT2D eigenvalue weighted by atomic mass is 16.5. The SMILES string of the molecule is COC(=O)C1=C(C(=O)OC)C2C=CC1[C@H]1C[C@@H]21. The molecular weight excluding hydrogens is 220 g/mol. The monoisotopic (exact) mass is 234 g/mol. The van der Waals surface area contributed by atoms with Gasteiger partial charge in [0.15, 0.2) is 0 Å². The van der Waals surface area contributed by atoms with Gasteiger partial charge in [0, 0.05) is 11.8 Å². The van der Waals surface area contributed by atoms with Crippen LogP contribution in [0.5, 0.6) is 0 Å². The summed E-state index contributed by atoms with van der Waals surface area (Å²) in [6.45, 7) is 0. The standard InChI is InChI=1S/C13H14O4/c1-16-12(14)10-6-3-4-7(9-5-8(6)9)11(10)13(15)17-2/h3-4,6-9H,5H2,1-2H3/t6?,7?,8-,9+. The van der Waals surface area contributed by atoms with Gasteiger partial charge < -0.3 is 9.47 Å². The molecule has 1 saturated carbocycles. The number of esters is 2. The van der Waals surface area contributed by atoms with E-state index in [1.54, 1.807) is 0 Å². The summed E-state index contributed by atoms with van der Waals surface area (Å²) >= 11 is 0. The first kappa shape index (κ1) is 10.6. The fourth-order valence-corrected chi connectivity index (χ4v) is 3.28. The van der Waals surface area contributed by atoms with Crippen LogP contribution in [0.2, 0.25) is 0 Å². The van der Waals surface area contributed by atoms with Crippen molar-refractivity contribution in [2.45, 2.75) is 6.42 Å². The molecule has 0 aromatic rings. The van der Waals surface area contributed by atoms with Crippen LogP contribution in [0, 0.1) is 23.7 Å². The van der Waals surface area contributed by atoms with Crippen molar-refractivity contribution in [3.63, 3.8) is 0 Å². The Labute approximate surface area is 99.3 Å². The number of methoxy groups -OCH3 is 2. The van der Waals surface area contributed by atoms with Crippen molar-refractivity contribution >= 4 is 11.9 Å². The van der Waals surface area contributed by atoms with Gasteiger partial charge in [0.2, 0.25) is 0 Å². The zero-order valence-electron chi connectivity index (χ0n) is 9.80. The Morgan fingerprint density at radius 2 is 1.41 bits per heavy atom. The molecule has 4 rings (SSSR count). The normalized spacial score (nSPS) is 36.6. The molecule has 0 amide bonds. The van der Waals surface area contributed by atoms with Crippen LogP contribution >= 0.6 is 0 Å². The largest absolute Gasteiger partial charge is 0.466 e. The van der Waals surface area contributed by atoms with Crippen LogP contribution in [0.4, 0.5) is 0 Å². The highest BCUT2D eigenvalue weighted by molar-refractivity contribution is 6.02. The number of rotatable bonds is 2. The van der Waals surface area contributed by atoms with Crippen molar-refractivity contribution < 1.29 is 19.1 Å². The van der Waals surface area contributed by atoms with E-state index in [0.29, 0.717) is 23.0 Å². The van der Waals surface area contributed by atoms with E-state index in [1.807, 2.05) is 12.2 Å². The number of hydrogen-bond acceptors (Lipinski definition) is 4. The minimum Gasteiger partial charge on any atom is -0.466 e. The molecule has 0 aromatic heterocycles. The Balaban J connectivity index is 2.09. The van der Waals surface area contributed by atoms with Crippen LogP contribution in [0.15, 0.2) is 23.3 Å². The maximum absolute atomic E-state index is 11.8. The van der Waals surface area contributed by atoms with Crippen molar-refractivity contribution in [2.75, 3.05) is 14.2 Å². The van der Waals surface area contributed by atoms with Crippen LogP contribution in [0.3, 0.4) is 0 Å². The van der Waals surface area contributed by atoms with E-state index in [-0.39, 0.29) is 11.8 Å². The lowest BCUT2D eigenvalue weighted by Crippen LogP contribution is -2.33. The molecule has 0 radical (unpaired) electrons. The van der Waals surface area contributed by atoms with Gasteiger partial charge in [0.05, 0.1) is 25.4 Å². The van der Waals surface area contributed by atoms with Crippen LogP contribution in [0.25, 0.3) is 0 Å². The van der Waals surface area contributed by atoms with Crippen LogP contribution < -0.4 is 0 Å². The molecular formula is C13H14O4. The maximum Gasteiger partial charge on any atom is 0.334 e. The summed E-state index contributed by atoms with van der Waals surface area (Å²) < 4.78 is 9.59. The molecule has 0 heterocycles. The zero-order valence-corrected chi connectivity index (χ0v) is 9.80. The molecule has 0 N–H and O–H groups in total. The number of carbonyl (C=O) groups is 2. The van der Waals surface area contributed by atoms with E-state index in [1.165, 1.54) is 14.2 Å². The molecule has 2 bridgehead atoms. The molecule has 1 fully saturated rings. The summed E-state index contributed by atoms with van der Waals surface area (Å²) in [5, 5.41) is 0. The summed E-state index contributed by atoms with van der Waals surface area (Å²) in [6, 6.07) is 0. The molecule has 2 unspecified atom stereocenters. The third kappa shape index (κ3) is 1.30. The molecule has 0 spiro atoms. The topological polar surface area (TPSA) is 52.6 Å². The van der Waals surface area contributed by atoms with Crippen LogP contribution in [0.1, 0.15) is 6.42 Å². The van der Waals surface area contributed by atoms with E-state index in [2.05, 4.69) is 0 Å². The van der Waals surface area contributed by atoms with Gasteiger partial charge in [-0.05, 0) is 18.3 Å². The lowest BCUT2D eigenvalue weighted by atomic mass is 9.71. The average molecular weight is 234 g/mol. The predicted octanol–water partition coefficient (Wildman–Crippen LogP) is 1.08. The van der Waals surface area contributed by atoms with Gasteiger partial charge in [-0.2, -0.15) is 0 Å². The quantitative estimate of drug-likeness (QED) is 0.530. The second-order valence-corrected chi connectivity index (χ2v) is 4.81. The summed E-state index contributed by atoms with van der Waals surface area (Å²) in [7, 11) is 2.70. The minimum absolute atomic E-state index is 0.0477. The Morgan fingerprint density at radius 1 is 1.00 bits per heavy atom. The number of carbonyl (C=O) groups excluding carboxylic acids is 2. The lowest BCUT2D eigenvalue weighted by Gasteiger charge is -2.32. The smallest absolute Gasteiger partial charge is 0.334 e. The summed E-state index contributed by atoms with van der Waals surface area (Å²) in [5.74, 6) is 0.350. The summed E-state index contributed by atoms with van der Waals surface area (Å²) in [6.07, 6.45) is 5.17. The molecule has 4 atom stereocenters. The van der Waals surface area contributed by atoms with E-state index >= 15 is 0 Å². The summed E-state index contributed by atoms with van der Waals surface area (Å²) in [4.78, 5) is 23.7. The van der Waals surface area contributed by atoms with Gasteiger partial charge in [-0.1, -0.05) is 12.2 Å². The zero-order chi connectivity index (χ0) is 12.2. The van der Waals surface area contributed by atoms with Crippen molar-refractivity contribution in [1.29, 1.82) is 0 Å². The van der Waals surface area contributed by atoms with Gasteiger partial charge in [0.1, 0.15) is 0 Å². The van der Waals surface area contributed by atoms with Crippen molar-refractivity contribution in [3.05, 3.63) is 23.3 Å². The van der Waals surface area contributed by atoms with E-state index < -0.39 is 11.9 Å². The van der Waals surface area contributed by atoms with E-state index in [9.17, 15) is 9.59 Å². The second kappa shape index (κ2) is 3.45. The molecule has 4 nitrogen and oxygen atoms in total. The van der Waals surface area contributed by atoms with E-state index in [0.717, 1.165) is 6.42 Å². The molecule has 0 aromatic carbocycles. The second-order valence-electron chi connectivity index (χ2n) is 4.81. The molecule has 90 valence electrons. The first-order chi connectivity index (χ1) is 8.19. The van der Waals surface area contributed by atoms with Gasteiger partial charge >= 0.3 is 11.9 Å². The fraction of sp³-hybridized carbons (Fsp3) is 0.538. The Hall–Kier alpha value is -1.58. The molecule has 4 aliphatic carbocycles.